The summed E-state index contributed by atoms with van der Waals surface area (Å²) in [4.78, 5) is 21.4. The molecule has 8 nitrogen and oxygen atoms in total. The van der Waals surface area contributed by atoms with Crippen LogP contribution in [-0.2, 0) is 4.79 Å². The third kappa shape index (κ3) is 10.5. The van der Waals surface area contributed by atoms with Gasteiger partial charge in [-0.15, -0.1) is 6.42 Å². The molecular weight excluding hydrogens is 476 g/mol. The van der Waals surface area contributed by atoms with Gasteiger partial charge in [-0.3, -0.25) is 4.79 Å². The van der Waals surface area contributed by atoms with Gasteiger partial charge in [0.25, 0.3) is 5.91 Å². The van der Waals surface area contributed by atoms with Crippen LogP contribution in [-0.4, -0.2) is 36.9 Å². The van der Waals surface area contributed by atoms with Gasteiger partial charge in [0.1, 0.15) is 11.6 Å². The number of terminal acetylenes is 1. The summed E-state index contributed by atoms with van der Waals surface area (Å²) < 4.78 is 5.65. The number of nitrogens with two attached hydrogens (primary N) is 1. The number of aliphatic imine (C=N–C) groups is 2. The number of benzene rings is 2. The van der Waals surface area contributed by atoms with Crippen LogP contribution in [0.5, 0.6) is 5.75 Å². The van der Waals surface area contributed by atoms with Crippen molar-refractivity contribution in [3.8, 4) is 18.1 Å². The first-order chi connectivity index (χ1) is 18.4. The molecule has 2 aromatic rings. The van der Waals surface area contributed by atoms with Crippen LogP contribution in [0, 0.1) is 17.8 Å². The van der Waals surface area contributed by atoms with E-state index in [1.165, 1.54) is 6.21 Å². The highest BCUT2D eigenvalue weighted by Gasteiger charge is 2.09. The maximum atomic E-state index is 11.9. The largest absolute Gasteiger partial charge is 0.484 e. The van der Waals surface area contributed by atoms with Crippen molar-refractivity contribution in [3.05, 3.63) is 83.2 Å². The number of hydrogen-bond donors (Lipinski definition) is 4. The van der Waals surface area contributed by atoms with Crippen molar-refractivity contribution in [2.45, 2.75) is 40.0 Å². The van der Waals surface area contributed by atoms with Crippen molar-refractivity contribution in [1.29, 1.82) is 5.41 Å². The minimum atomic E-state index is -0.304. The molecule has 0 unspecified atom stereocenters. The summed E-state index contributed by atoms with van der Waals surface area (Å²) in [6.07, 6.45) is 11.1. The summed E-state index contributed by atoms with van der Waals surface area (Å²) in [7, 11) is 0. The van der Waals surface area contributed by atoms with Gasteiger partial charge in [0.05, 0.1) is 12.2 Å². The summed E-state index contributed by atoms with van der Waals surface area (Å²) in [6.45, 7) is 5.74. The first kappa shape index (κ1) is 29.6. The van der Waals surface area contributed by atoms with Crippen molar-refractivity contribution >= 4 is 29.5 Å². The third-order valence-electron chi connectivity index (χ3n) is 5.20. The lowest BCUT2D eigenvalue weighted by Crippen LogP contribution is -2.29. The van der Waals surface area contributed by atoms with E-state index in [2.05, 4.69) is 23.5 Å². The van der Waals surface area contributed by atoms with E-state index in [-0.39, 0.29) is 19.1 Å². The summed E-state index contributed by atoms with van der Waals surface area (Å²) in [5.41, 5.74) is 9.52. The van der Waals surface area contributed by atoms with Crippen LogP contribution in [0.3, 0.4) is 0 Å². The van der Waals surface area contributed by atoms with Crippen LogP contribution in [0.4, 0.5) is 5.69 Å². The molecule has 0 spiro atoms. The molecule has 8 heteroatoms. The average molecular weight is 513 g/mol. The molecule has 5 N–H and O–H groups in total. The fraction of sp³-hybridized carbons (Fsp3) is 0.267. The normalized spacial score (nSPS) is 12.7. The van der Waals surface area contributed by atoms with Crippen LogP contribution < -0.4 is 21.1 Å². The van der Waals surface area contributed by atoms with Crippen LogP contribution in [0.15, 0.2) is 87.6 Å². The average Bonchev–Trinajstić information content (AvgIpc) is 2.92. The van der Waals surface area contributed by atoms with Crippen molar-refractivity contribution in [2.75, 3.05) is 13.2 Å². The minimum Gasteiger partial charge on any atom is -0.484 e. The Balaban J connectivity index is 2.40. The SMILES string of the molecule is C#CCNC(=O)COc1cccc(C(N=C(C)N/C(=C/C(C=N)=C(\C)N)CCCC)=Nc2ccccc2)c1. The van der Waals surface area contributed by atoms with E-state index >= 15 is 0 Å². The summed E-state index contributed by atoms with van der Waals surface area (Å²) in [5.74, 6) is 3.65. The fourth-order valence-corrected chi connectivity index (χ4v) is 3.27. The predicted octanol–water partition coefficient (Wildman–Crippen LogP) is 4.86. The predicted molar refractivity (Wildman–Crippen MR) is 156 cm³/mol. The van der Waals surface area contributed by atoms with E-state index in [0.717, 1.165) is 30.6 Å². The van der Waals surface area contributed by atoms with Gasteiger partial charge in [0.15, 0.2) is 12.4 Å². The Morgan fingerprint density at radius 2 is 1.95 bits per heavy atom. The van der Waals surface area contributed by atoms with E-state index in [4.69, 9.17) is 32.3 Å². The first-order valence-electron chi connectivity index (χ1n) is 12.4. The maximum absolute atomic E-state index is 11.9. The molecule has 0 fully saturated rings. The number of ether oxygens (including phenoxy) is 1. The second-order valence-corrected chi connectivity index (χ2v) is 8.45. The van der Waals surface area contributed by atoms with E-state index in [1.807, 2.05) is 55.5 Å². The Morgan fingerprint density at radius 3 is 2.61 bits per heavy atom. The van der Waals surface area contributed by atoms with Gasteiger partial charge < -0.3 is 26.5 Å². The van der Waals surface area contributed by atoms with Crippen LogP contribution in [0.25, 0.3) is 0 Å². The number of carbonyl (C=O) groups is 1. The highest BCUT2D eigenvalue weighted by molar-refractivity contribution is 6.07. The molecule has 0 atom stereocenters. The van der Waals surface area contributed by atoms with E-state index in [1.54, 1.807) is 19.1 Å². The molecule has 0 aromatic heterocycles. The van der Waals surface area contributed by atoms with Gasteiger partial charge in [-0.1, -0.05) is 49.6 Å². The van der Waals surface area contributed by atoms with Crippen molar-refractivity contribution in [2.24, 2.45) is 15.7 Å². The number of rotatable bonds is 12. The summed E-state index contributed by atoms with van der Waals surface area (Å²) >= 11 is 0. The Morgan fingerprint density at radius 1 is 1.18 bits per heavy atom. The van der Waals surface area contributed by atoms with Gasteiger partial charge in [-0.2, -0.15) is 0 Å². The second-order valence-electron chi connectivity index (χ2n) is 8.45. The number of nitrogens with zero attached hydrogens (tertiary/aromatic N) is 2. The molecule has 0 bridgehead atoms. The highest BCUT2D eigenvalue weighted by atomic mass is 16.5. The van der Waals surface area contributed by atoms with Crippen molar-refractivity contribution < 1.29 is 9.53 Å². The molecule has 0 aliphatic carbocycles. The van der Waals surface area contributed by atoms with Crippen LogP contribution in [0.1, 0.15) is 45.6 Å². The summed E-state index contributed by atoms with van der Waals surface area (Å²) in [5, 5.41) is 13.6. The lowest BCUT2D eigenvalue weighted by molar-refractivity contribution is -0.122. The number of amidine groups is 2. The zero-order valence-corrected chi connectivity index (χ0v) is 22.3. The molecule has 0 aliphatic rings. The molecule has 2 aromatic carbocycles. The zero-order valence-electron chi connectivity index (χ0n) is 22.3. The van der Waals surface area contributed by atoms with Crippen molar-refractivity contribution in [1.82, 2.24) is 10.6 Å². The van der Waals surface area contributed by atoms with Crippen LogP contribution in [0.2, 0.25) is 0 Å². The summed E-state index contributed by atoms with van der Waals surface area (Å²) in [6, 6.07) is 16.8. The van der Waals surface area contributed by atoms with Gasteiger partial charge in [0, 0.05) is 28.7 Å². The standard InChI is InChI=1S/C30H36N6O2/c1-5-7-13-27(18-25(20-31)22(3)32)34-23(4)35-30(36-26-14-9-8-10-15-26)24-12-11-16-28(19-24)38-21-29(37)33-17-6-2/h2,8-12,14-16,18-20,31H,5,7,13,17,21,32H2,1,3-4H3,(H,33,37)(H,34,35,36)/b25-22-,27-18+,31-20?. The Kier molecular flexibility index (Phi) is 12.6. The fourth-order valence-electron chi connectivity index (χ4n) is 3.27. The van der Waals surface area contributed by atoms with E-state index in [0.29, 0.717) is 34.3 Å². The zero-order chi connectivity index (χ0) is 27.8. The first-order valence-corrected chi connectivity index (χ1v) is 12.4. The van der Waals surface area contributed by atoms with Gasteiger partial charge >= 0.3 is 0 Å². The number of para-hydroxylation sites is 1. The number of amides is 1. The second kappa shape index (κ2) is 16.2. The number of carbonyl (C=O) groups excluding carboxylic acids is 1. The highest BCUT2D eigenvalue weighted by Crippen LogP contribution is 2.19. The van der Waals surface area contributed by atoms with Gasteiger partial charge in [-0.25, -0.2) is 9.98 Å². The molecule has 0 saturated heterocycles. The molecule has 2 rings (SSSR count). The van der Waals surface area contributed by atoms with E-state index < -0.39 is 0 Å². The monoisotopic (exact) mass is 512 g/mol. The molecule has 38 heavy (non-hydrogen) atoms. The molecule has 1 amide bonds. The van der Waals surface area contributed by atoms with Gasteiger partial charge in [0.2, 0.25) is 0 Å². The molecular formula is C30H36N6O2. The van der Waals surface area contributed by atoms with Gasteiger partial charge in [-0.05, 0) is 57.0 Å². The maximum Gasteiger partial charge on any atom is 0.258 e. The Hall–Kier alpha value is -4.64. The molecule has 0 radical (unpaired) electrons. The lowest BCUT2D eigenvalue weighted by Gasteiger charge is -2.13. The quantitative estimate of drug-likeness (QED) is 0.140. The third-order valence-corrected chi connectivity index (χ3v) is 5.20. The molecule has 0 saturated carbocycles. The Bertz CT molecular complexity index is 1250. The minimum absolute atomic E-state index is 0.147. The Labute approximate surface area is 225 Å². The van der Waals surface area contributed by atoms with E-state index in [9.17, 15) is 4.79 Å². The molecule has 0 aliphatic heterocycles. The smallest absolute Gasteiger partial charge is 0.258 e. The van der Waals surface area contributed by atoms with Crippen molar-refractivity contribution in [3.63, 3.8) is 0 Å². The lowest BCUT2D eigenvalue weighted by atomic mass is 10.1. The number of nitrogens with one attached hydrogen (secondary N) is 3. The molecule has 0 heterocycles. The number of hydrogen-bond acceptors (Lipinski definition) is 5. The topological polar surface area (TPSA) is 125 Å². The molecule has 198 valence electrons. The number of allylic oxidation sites excluding steroid dienone is 4. The number of unbranched alkanes of at least 4 members (excludes halogenated alkanes) is 1. The van der Waals surface area contributed by atoms with Crippen LogP contribution >= 0.6 is 0 Å².